The van der Waals surface area contributed by atoms with E-state index >= 15 is 0 Å². The molecule has 3 heterocycles. The van der Waals surface area contributed by atoms with Crippen molar-refractivity contribution in [1.29, 1.82) is 0 Å². The minimum Gasteiger partial charge on any atom is -0.507 e. The molecule has 0 fully saturated rings. The molecule has 0 radical (unpaired) electrons. The number of halogens is 1. The van der Waals surface area contributed by atoms with Gasteiger partial charge in [0.05, 0.1) is 10.6 Å². The van der Waals surface area contributed by atoms with Crippen molar-refractivity contribution in [2.75, 3.05) is 0 Å². The zero-order valence-electron chi connectivity index (χ0n) is 17.0. The van der Waals surface area contributed by atoms with E-state index in [9.17, 15) is 23.4 Å². The average molecular weight is 497 g/mol. The fraction of sp³-hybridized carbons (Fsp3) is 0. The summed E-state index contributed by atoms with van der Waals surface area (Å²) in [6.45, 7) is 0. The van der Waals surface area contributed by atoms with Crippen LogP contribution in [0.2, 0.25) is 5.02 Å². The predicted molar refractivity (Wildman–Crippen MR) is 122 cm³/mol. The van der Waals surface area contributed by atoms with Crippen LogP contribution in [0.5, 0.6) is 11.5 Å². The molecule has 10 nitrogen and oxygen atoms in total. The summed E-state index contributed by atoms with van der Waals surface area (Å²) in [5.74, 6) is -1.000. The molecular formula is C22H13ClN4O6S. The summed E-state index contributed by atoms with van der Waals surface area (Å²) < 4.78 is 33.0. The molecule has 0 amide bonds. The van der Waals surface area contributed by atoms with Crippen LogP contribution in [-0.4, -0.2) is 37.8 Å². The Hall–Kier alpha value is -4.22. The van der Waals surface area contributed by atoms with Crippen molar-refractivity contribution in [3.8, 4) is 33.9 Å². The Morgan fingerprint density at radius 3 is 2.53 bits per heavy atom. The zero-order chi connectivity index (χ0) is 24.0. The van der Waals surface area contributed by atoms with Gasteiger partial charge in [-0.2, -0.15) is 8.42 Å². The molecule has 0 saturated heterocycles. The molecule has 5 aromatic rings. The Morgan fingerprint density at radius 2 is 1.79 bits per heavy atom. The predicted octanol–water partition coefficient (Wildman–Crippen LogP) is 3.42. The first-order chi connectivity index (χ1) is 16.3. The molecule has 0 unspecified atom stereocenters. The maximum atomic E-state index is 13.2. The van der Waals surface area contributed by atoms with E-state index in [1.807, 2.05) is 0 Å². The molecule has 0 saturated carbocycles. The van der Waals surface area contributed by atoms with E-state index in [-0.39, 0.29) is 32.8 Å². The number of benzene rings is 2. The SMILES string of the molecule is O=c1cc(-c2ccccc2Cl)oc2c(-c3ccncc3S(=O)(=O)n3cncn3)c(O)cc(O)c12. The lowest BCUT2D eigenvalue weighted by atomic mass is 10.0. The number of fused-ring (bicyclic) bond motifs is 1. The molecule has 2 N–H and O–H groups in total. The highest BCUT2D eigenvalue weighted by atomic mass is 35.5. The van der Waals surface area contributed by atoms with Crippen molar-refractivity contribution in [2.24, 2.45) is 0 Å². The Morgan fingerprint density at radius 1 is 1.00 bits per heavy atom. The zero-order valence-corrected chi connectivity index (χ0v) is 18.5. The van der Waals surface area contributed by atoms with Gasteiger partial charge in [-0.1, -0.05) is 23.7 Å². The van der Waals surface area contributed by atoms with Gasteiger partial charge in [0, 0.05) is 35.7 Å². The quantitative estimate of drug-likeness (QED) is 0.381. The summed E-state index contributed by atoms with van der Waals surface area (Å²) in [4.78, 5) is 20.2. The van der Waals surface area contributed by atoms with E-state index < -0.39 is 27.0 Å². The number of pyridine rings is 1. The van der Waals surface area contributed by atoms with Crippen molar-refractivity contribution in [1.82, 2.24) is 19.2 Å². The van der Waals surface area contributed by atoms with Gasteiger partial charge in [-0.3, -0.25) is 9.78 Å². The topological polar surface area (TPSA) is 148 Å². The molecule has 0 bridgehead atoms. The summed E-state index contributed by atoms with van der Waals surface area (Å²) in [5.41, 5.74) is -0.639. The second-order valence-electron chi connectivity index (χ2n) is 7.09. The summed E-state index contributed by atoms with van der Waals surface area (Å²) >= 11 is 6.26. The van der Waals surface area contributed by atoms with E-state index in [1.54, 1.807) is 24.3 Å². The highest BCUT2D eigenvalue weighted by Gasteiger charge is 2.28. The van der Waals surface area contributed by atoms with E-state index in [0.29, 0.717) is 14.7 Å². The van der Waals surface area contributed by atoms with Crippen LogP contribution in [0.4, 0.5) is 0 Å². The molecule has 2 aromatic carbocycles. The number of rotatable bonds is 4. The number of aromatic nitrogens is 4. The van der Waals surface area contributed by atoms with Crippen molar-refractivity contribution >= 4 is 32.6 Å². The van der Waals surface area contributed by atoms with Gasteiger partial charge in [-0.05, 0) is 18.2 Å². The Kier molecular flexibility index (Phi) is 5.07. The van der Waals surface area contributed by atoms with Crippen LogP contribution in [0, 0.1) is 0 Å². The molecule has 5 rings (SSSR count). The lowest BCUT2D eigenvalue weighted by Gasteiger charge is -2.14. The third-order valence-corrected chi connectivity index (χ3v) is 6.97. The Labute approximate surface area is 196 Å². The van der Waals surface area contributed by atoms with Gasteiger partial charge in [0.2, 0.25) is 0 Å². The van der Waals surface area contributed by atoms with E-state index in [2.05, 4.69) is 15.1 Å². The standard InChI is InChI=1S/C22H13ClN4O6S/c23-14-4-2-1-3-12(14)18-8-17(30)21-16(29)7-15(28)20(22(21)33-18)13-5-6-24-9-19(13)34(31,32)27-11-25-10-26-27/h1-11,28-29H. The second-order valence-corrected chi connectivity index (χ2v) is 9.26. The molecule has 170 valence electrons. The van der Waals surface area contributed by atoms with Crippen LogP contribution >= 0.6 is 11.6 Å². The monoisotopic (exact) mass is 496 g/mol. The molecule has 3 aromatic heterocycles. The molecule has 34 heavy (non-hydrogen) atoms. The van der Waals surface area contributed by atoms with Crippen LogP contribution in [-0.2, 0) is 10.0 Å². The largest absolute Gasteiger partial charge is 0.507 e. The van der Waals surface area contributed by atoms with Gasteiger partial charge >= 0.3 is 0 Å². The normalized spacial score (nSPS) is 11.7. The fourth-order valence-corrected chi connectivity index (χ4v) is 4.99. The first-order valence-corrected chi connectivity index (χ1v) is 11.4. The van der Waals surface area contributed by atoms with E-state index in [0.717, 1.165) is 31.0 Å². The summed E-state index contributed by atoms with van der Waals surface area (Å²) in [6, 6.07) is 10.1. The highest BCUT2D eigenvalue weighted by Crippen LogP contribution is 2.43. The van der Waals surface area contributed by atoms with E-state index in [4.69, 9.17) is 16.0 Å². The van der Waals surface area contributed by atoms with Crippen LogP contribution in [0.25, 0.3) is 33.4 Å². The maximum absolute atomic E-state index is 13.2. The molecule has 0 aliphatic heterocycles. The van der Waals surface area contributed by atoms with Crippen LogP contribution < -0.4 is 5.43 Å². The van der Waals surface area contributed by atoms with Gasteiger partial charge in [0.1, 0.15) is 40.2 Å². The second kappa shape index (κ2) is 7.97. The van der Waals surface area contributed by atoms with Gasteiger partial charge in [0.25, 0.3) is 10.0 Å². The fourth-order valence-electron chi connectivity index (χ4n) is 3.57. The van der Waals surface area contributed by atoms with Crippen molar-refractivity contribution < 1.29 is 23.0 Å². The highest BCUT2D eigenvalue weighted by molar-refractivity contribution is 7.90. The number of nitrogens with zero attached hydrogens (tertiary/aromatic N) is 4. The third kappa shape index (κ3) is 3.38. The summed E-state index contributed by atoms with van der Waals surface area (Å²) in [6.07, 6.45) is 4.43. The van der Waals surface area contributed by atoms with Gasteiger partial charge in [-0.25, -0.2) is 4.98 Å². The molecule has 12 heteroatoms. The lowest BCUT2D eigenvalue weighted by Crippen LogP contribution is -2.15. The van der Waals surface area contributed by atoms with E-state index in [1.165, 1.54) is 12.3 Å². The molecule has 0 atom stereocenters. The Balaban J connectivity index is 1.88. The first-order valence-electron chi connectivity index (χ1n) is 9.61. The summed E-state index contributed by atoms with van der Waals surface area (Å²) in [7, 11) is -4.28. The molecule has 0 spiro atoms. The van der Waals surface area contributed by atoms with Crippen molar-refractivity contribution in [3.05, 3.63) is 82.8 Å². The number of hydrogen-bond acceptors (Lipinski definition) is 9. The lowest BCUT2D eigenvalue weighted by molar-refractivity contribution is 0.453. The molecule has 0 aliphatic rings. The first kappa shape index (κ1) is 21.6. The smallest absolute Gasteiger partial charge is 0.286 e. The number of phenolic OH excluding ortho intramolecular Hbond substituents is 2. The minimum absolute atomic E-state index is 0.0348. The minimum atomic E-state index is -4.28. The van der Waals surface area contributed by atoms with Crippen LogP contribution in [0.15, 0.2) is 81.6 Å². The Bertz CT molecular complexity index is 1730. The number of phenols is 2. The summed E-state index contributed by atoms with van der Waals surface area (Å²) in [5, 5.41) is 24.9. The number of hydrogen-bond donors (Lipinski definition) is 2. The molecular weight excluding hydrogens is 484 g/mol. The molecule has 0 aliphatic carbocycles. The average Bonchev–Trinajstić information content (AvgIpc) is 3.35. The third-order valence-electron chi connectivity index (χ3n) is 5.08. The van der Waals surface area contributed by atoms with Gasteiger partial charge in [0.15, 0.2) is 11.0 Å². The van der Waals surface area contributed by atoms with Crippen LogP contribution in [0.1, 0.15) is 0 Å². The van der Waals surface area contributed by atoms with Gasteiger partial charge < -0.3 is 14.6 Å². The maximum Gasteiger partial charge on any atom is 0.286 e. The van der Waals surface area contributed by atoms with Gasteiger partial charge in [-0.15, -0.1) is 9.19 Å². The van der Waals surface area contributed by atoms with Crippen LogP contribution in [0.3, 0.4) is 0 Å². The number of aromatic hydroxyl groups is 2. The van der Waals surface area contributed by atoms with Crippen molar-refractivity contribution in [3.63, 3.8) is 0 Å². The van der Waals surface area contributed by atoms with Crippen molar-refractivity contribution in [2.45, 2.75) is 4.90 Å².